The van der Waals surface area contributed by atoms with Gasteiger partial charge in [0.2, 0.25) is 0 Å². The molecule has 0 aliphatic rings. The number of amides is 1. The van der Waals surface area contributed by atoms with Gasteiger partial charge in [-0.2, -0.15) is 13.2 Å². The molecule has 0 saturated carbocycles. The first-order valence-corrected chi connectivity index (χ1v) is 10.0. The minimum Gasteiger partial charge on any atom is -0.347 e. The summed E-state index contributed by atoms with van der Waals surface area (Å²) >= 11 is 5.87. The van der Waals surface area contributed by atoms with Gasteiger partial charge in [-0.25, -0.2) is 4.98 Å². The van der Waals surface area contributed by atoms with E-state index in [1.165, 1.54) is 29.2 Å². The molecule has 1 N–H and O–H groups in total. The number of carbonyl (C=O) groups excluding carboxylic acids is 1. The van der Waals surface area contributed by atoms with Crippen LogP contribution in [0.3, 0.4) is 0 Å². The molecule has 162 valence electrons. The summed E-state index contributed by atoms with van der Waals surface area (Å²) < 4.78 is 41.9. The van der Waals surface area contributed by atoms with Crippen LogP contribution < -0.4 is 5.32 Å². The summed E-state index contributed by atoms with van der Waals surface area (Å²) in [6.45, 7) is 0.292. The van der Waals surface area contributed by atoms with Gasteiger partial charge in [-0.15, -0.1) is 0 Å². The molecule has 0 aliphatic heterocycles. The molecule has 32 heavy (non-hydrogen) atoms. The smallest absolute Gasteiger partial charge is 0.347 e. The fraction of sp³-hybridized carbons (Fsp3) is 0.0833. The molecule has 1 aromatic heterocycles. The Morgan fingerprint density at radius 3 is 2.50 bits per heavy atom. The van der Waals surface area contributed by atoms with Crippen LogP contribution in [0.1, 0.15) is 21.6 Å². The Labute approximate surface area is 187 Å². The van der Waals surface area contributed by atoms with Crippen molar-refractivity contribution in [3.63, 3.8) is 0 Å². The molecule has 0 unspecified atom stereocenters. The number of rotatable bonds is 5. The number of hydrogen-bond acceptors (Lipinski definition) is 2. The van der Waals surface area contributed by atoms with Crippen molar-refractivity contribution in [3.05, 3.63) is 107 Å². The second-order valence-electron chi connectivity index (χ2n) is 7.05. The van der Waals surface area contributed by atoms with Crippen LogP contribution in [0.2, 0.25) is 5.02 Å². The second kappa shape index (κ2) is 8.88. The highest BCUT2D eigenvalue weighted by Crippen LogP contribution is 2.37. The number of nitrogens with one attached hydrogen (secondary N) is 1. The number of benzene rings is 3. The molecule has 1 heterocycles. The van der Waals surface area contributed by atoms with Gasteiger partial charge < -0.3 is 5.32 Å². The van der Waals surface area contributed by atoms with E-state index in [4.69, 9.17) is 11.6 Å². The number of aromatic nitrogens is 2. The molecule has 8 heteroatoms. The van der Waals surface area contributed by atoms with E-state index in [0.717, 1.165) is 11.6 Å². The summed E-state index contributed by atoms with van der Waals surface area (Å²) in [6.07, 6.45) is -1.62. The summed E-state index contributed by atoms with van der Waals surface area (Å²) in [5.41, 5.74) is 1.39. The molecule has 4 nitrogen and oxygen atoms in total. The van der Waals surface area contributed by atoms with Gasteiger partial charge in [-0.05, 0) is 47.0 Å². The number of halogens is 4. The van der Waals surface area contributed by atoms with Crippen molar-refractivity contribution in [2.45, 2.75) is 12.7 Å². The van der Waals surface area contributed by atoms with Crippen LogP contribution in [-0.2, 0) is 12.7 Å². The zero-order valence-electron chi connectivity index (χ0n) is 16.6. The molecule has 0 aliphatic carbocycles. The predicted octanol–water partition coefficient (Wildman–Crippen LogP) is 6.14. The minimum absolute atomic E-state index is 0.0655. The van der Waals surface area contributed by atoms with E-state index in [1.54, 1.807) is 42.5 Å². The Morgan fingerprint density at radius 2 is 1.75 bits per heavy atom. The maximum atomic E-state index is 13.4. The van der Waals surface area contributed by atoms with Crippen molar-refractivity contribution < 1.29 is 18.0 Å². The molecule has 0 saturated heterocycles. The van der Waals surface area contributed by atoms with E-state index in [1.807, 2.05) is 12.1 Å². The molecule has 0 bridgehead atoms. The van der Waals surface area contributed by atoms with E-state index in [9.17, 15) is 18.0 Å². The second-order valence-corrected chi connectivity index (χ2v) is 7.49. The van der Waals surface area contributed by atoms with E-state index in [2.05, 4.69) is 10.3 Å². The predicted molar refractivity (Wildman–Crippen MR) is 117 cm³/mol. The zero-order valence-corrected chi connectivity index (χ0v) is 17.4. The normalized spacial score (nSPS) is 11.4. The molecule has 0 fully saturated rings. The van der Waals surface area contributed by atoms with Crippen LogP contribution in [0.25, 0.3) is 16.8 Å². The number of hydrogen-bond donors (Lipinski definition) is 1. The quantitative estimate of drug-likeness (QED) is 0.393. The van der Waals surface area contributed by atoms with Crippen molar-refractivity contribution in [2.24, 2.45) is 0 Å². The molecule has 4 aromatic rings. The Balaban J connectivity index is 1.61. The molecule has 3 aromatic carbocycles. The maximum absolute atomic E-state index is 13.4. The van der Waals surface area contributed by atoms with Crippen LogP contribution in [0.15, 0.2) is 85.3 Å². The van der Waals surface area contributed by atoms with E-state index < -0.39 is 11.7 Å². The largest absolute Gasteiger partial charge is 0.417 e. The fourth-order valence-electron chi connectivity index (χ4n) is 3.35. The van der Waals surface area contributed by atoms with Gasteiger partial charge in [-0.1, -0.05) is 54.1 Å². The Kier molecular flexibility index (Phi) is 6.01. The first-order valence-electron chi connectivity index (χ1n) is 9.65. The average molecular weight is 456 g/mol. The van der Waals surface area contributed by atoms with Crippen LogP contribution in [0, 0.1) is 0 Å². The van der Waals surface area contributed by atoms with Crippen molar-refractivity contribution in [2.75, 3.05) is 0 Å². The number of alkyl halides is 3. The Hall–Kier alpha value is -3.58. The lowest BCUT2D eigenvalue weighted by Crippen LogP contribution is -2.25. The van der Waals surface area contributed by atoms with Gasteiger partial charge in [0.15, 0.2) is 0 Å². The standard InChI is InChI=1S/C24H17ClF3N3O/c25-18-10-8-16(9-11-18)13-30-23(32)22-14-29-15-31(22)19-5-3-4-17(12-19)20-6-1-2-7-21(20)24(26,27)28/h1-12,14-15H,13H2,(H,30,32). The van der Waals surface area contributed by atoms with Crippen molar-refractivity contribution in [1.82, 2.24) is 14.9 Å². The highest BCUT2D eigenvalue weighted by atomic mass is 35.5. The van der Waals surface area contributed by atoms with Crippen LogP contribution in [0.5, 0.6) is 0 Å². The van der Waals surface area contributed by atoms with Gasteiger partial charge in [0, 0.05) is 17.3 Å². The number of carbonyl (C=O) groups is 1. The van der Waals surface area contributed by atoms with Gasteiger partial charge in [0.05, 0.1) is 18.1 Å². The zero-order chi connectivity index (χ0) is 22.7. The number of imidazole rings is 1. The first kappa shape index (κ1) is 21.6. The van der Waals surface area contributed by atoms with Crippen LogP contribution in [-0.4, -0.2) is 15.5 Å². The summed E-state index contributed by atoms with van der Waals surface area (Å²) in [7, 11) is 0. The lowest BCUT2D eigenvalue weighted by molar-refractivity contribution is -0.137. The summed E-state index contributed by atoms with van der Waals surface area (Å²) in [6, 6.07) is 19.0. The van der Waals surface area contributed by atoms with E-state index in [0.29, 0.717) is 22.8 Å². The highest BCUT2D eigenvalue weighted by molar-refractivity contribution is 6.30. The first-order chi connectivity index (χ1) is 15.3. The third kappa shape index (κ3) is 4.68. The van der Waals surface area contributed by atoms with Crippen LogP contribution >= 0.6 is 11.6 Å². The Bertz CT molecular complexity index is 1250. The lowest BCUT2D eigenvalue weighted by Gasteiger charge is -2.14. The van der Waals surface area contributed by atoms with Gasteiger partial charge in [0.25, 0.3) is 5.91 Å². The molecule has 4 rings (SSSR count). The molecule has 0 spiro atoms. The van der Waals surface area contributed by atoms with Crippen LogP contribution in [0.4, 0.5) is 13.2 Å². The third-order valence-corrected chi connectivity index (χ3v) is 5.16. The van der Waals surface area contributed by atoms with Gasteiger partial charge in [-0.3, -0.25) is 9.36 Å². The van der Waals surface area contributed by atoms with Gasteiger partial charge in [0.1, 0.15) is 5.69 Å². The van der Waals surface area contributed by atoms with Crippen molar-refractivity contribution in [3.8, 4) is 16.8 Å². The molecular formula is C24H17ClF3N3O. The van der Waals surface area contributed by atoms with Crippen molar-refractivity contribution in [1.29, 1.82) is 0 Å². The minimum atomic E-state index is -4.48. The molecule has 0 radical (unpaired) electrons. The van der Waals surface area contributed by atoms with E-state index in [-0.39, 0.29) is 17.2 Å². The SMILES string of the molecule is O=C(NCc1ccc(Cl)cc1)c1cncn1-c1cccc(-c2ccccc2C(F)(F)F)c1. The summed E-state index contributed by atoms with van der Waals surface area (Å²) in [5.74, 6) is -0.362. The monoisotopic (exact) mass is 455 g/mol. The third-order valence-electron chi connectivity index (χ3n) is 4.91. The lowest BCUT2D eigenvalue weighted by atomic mass is 9.99. The topological polar surface area (TPSA) is 46.9 Å². The maximum Gasteiger partial charge on any atom is 0.417 e. The van der Waals surface area contributed by atoms with E-state index >= 15 is 0 Å². The number of nitrogens with zero attached hydrogens (tertiary/aromatic N) is 2. The highest BCUT2D eigenvalue weighted by Gasteiger charge is 2.33. The van der Waals surface area contributed by atoms with Crippen molar-refractivity contribution >= 4 is 17.5 Å². The Morgan fingerprint density at radius 1 is 1.00 bits per heavy atom. The fourth-order valence-corrected chi connectivity index (χ4v) is 3.48. The van der Waals surface area contributed by atoms with Gasteiger partial charge >= 0.3 is 6.18 Å². The molecule has 0 atom stereocenters. The average Bonchev–Trinajstić information content (AvgIpc) is 3.28. The summed E-state index contributed by atoms with van der Waals surface area (Å²) in [4.78, 5) is 16.8. The summed E-state index contributed by atoms with van der Waals surface area (Å²) in [5, 5.41) is 3.42. The molecular weight excluding hydrogens is 439 g/mol. The molecule has 1 amide bonds.